The van der Waals surface area contributed by atoms with Crippen molar-refractivity contribution in [3.63, 3.8) is 0 Å². The molecule has 2 aromatic heterocycles. The predicted octanol–water partition coefficient (Wildman–Crippen LogP) is 6.80. The number of alkyl halides is 2. The van der Waals surface area contributed by atoms with E-state index in [1.807, 2.05) is 23.6 Å². The van der Waals surface area contributed by atoms with E-state index in [9.17, 15) is 13.6 Å². The molecule has 3 aliphatic heterocycles. The third-order valence-corrected chi connectivity index (χ3v) is 9.43. The van der Waals surface area contributed by atoms with Crippen LogP contribution in [0, 0.1) is 0 Å². The number of piperidine rings is 1. The first kappa shape index (κ1) is 30.8. The van der Waals surface area contributed by atoms with Gasteiger partial charge in [-0.25, -0.2) is 18.6 Å². The van der Waals surface area contributed by atoms with E-state index >= 15 is 0 Å². The summed E-state index contributed by atoms with van der Waals surface area (Å²) in [4.78, 5) is 23.9. The molecule has 0 spiro atoms. The number of esters is 1. The number of nitrogens with zero attached hydrogens (tertiary/aromatic N) is 4. The molecule has 0 unspecified atom stereocenters. The van der Waals surface area contributed by atoms with Crippen LogP contribution in [0.15, 0.2) is 48.7 Å². The van der Waals surface area contributed by atoms with Gasteiger partial charge in [0.1, 0.15) is 11.5 Å². The number of hydrogen-bond donors (Lipinski definition) is 0. The Morgan fingerprint density at radius 2 is 1.93 bits per heavy atom. The van der Waals surface area contributed by atoms with Crippen molar-refractivity contribution in [3.8, 4) is 11.5 Å². The van der Waals surface area contributed by atoms with Crippen molar-refractivity contribution >= 4 is 28.6 Å². The maximum Gasteiger partial charge on any atom is 0.337 e. The van der Waals surface area contributed by atoms with Crippen LogP contribution in [0.1, 0.15) is 72.0 Å². The van der Waals surface area contributed by atoms with Gasteiger partial charge in [0.2, 0.25) is 0 Å². The van der Waals surface area contributed by atoms with Crippen molar-refractivity contribution in [2.45, 2.75) is 69.9 Å². The van der Waals surface area contributed by atoms with Gasteiger partial charge in [0.25, 0.3) is 11.7 Å². The second kappa shape index (κ2) is 11.8. The highest BCUT2D eigenvalue weighted by molar-refractivity contribution is 6.30. The zero-order valence-electron chi connectivity index (χ0n) is 25.9. The highest BCUT2D eigenvalue weighted by Gasteiger charge is 2.42. The van der Waals surface area contributed by atoms with E-state index < -0.39 is 17.7 Å². The number of pyridine rings is 1. The highest BCUT2D eigenvalue weighted by Crippen LogP contribution is 2.49. The van der Waals surface area contributed by atoms with E-state index in [1.54, 1.807) is 24.4 Å². The Labute approximate surface area is 270 Å². The second-order valence-corrected chi connectivity index (χ2v) is 12.9. The standard InChI is InChI=1S/C34H35ClF2N4O5/c1-33(36,37)25-15-21(32(42)43-3)16-26-30(25)39-29(41(26)18-23-11-14-44-23)19-40-12-9-20(10-13-40)24-5-4-6-27-31(24)46-34(2,45-27)28-8-7-22(35)17-38-28/h4-8,15-17,20,23H,9-14,18-19H2,1-3H3/t23-,34+/m0/s1. The van der Waals surface area contributed by atoms with Crippen LogP contribution in [0.2, 0.25) is 5.02 Å². The minimum atomic E-state index is -3.20. The molecule has 0 aliphatic carbocycles. The van der Waals surface area contributed by atoms with Crippen LogP contribution in [-0.4, -0.2) is 58.3 Å². The molecule has 0 N–H and O–H groups in total. The Balaban J connectivity index is 1.12. The lowest BCUT2D eigenvalue weighted by molar-refractivity contribution is -0.0722. The fraction of sp³-hybridized carbons (Fsp3) is 0.441. The van der Waals surface area contributed by atoms with Crippen LogP contribution in [-0.2, 0) is 34.3 Å². The van der Waals surface area contributed by atoms with Crippen molar-refractivity contribution in [3.05, 3.63) is 81.9 Å². The quantitative estimate of drug-likeness (QED) is 0.192. The van der Waals surface area contributed by atoms with Crippen LogP contribution >= 0.6 is 11.6 Å². The first-order valence-electron chi connectivity index (χ1n) is 15.5. The van der Waals surface area contributed by atoms with Gasteiger partial charge >= 0.3 is 5.97 Å². The summed E-state index contributed by atoms with van der Waals surface area (Å²) in [6.45, 7) is 5.84. The van der Waals surface area contributed by atoms with Crippen molar-refractivity contribution in [1.29, 1.82) is 0 Å². The predicted molar refractivity (Wildman–Crippen MR) is 167 cm³/mol. The van der Waals surface area contributed by atoms with Crippen LogP contribution < -0.4 is 9.47 Å². The lowest BCUT2D eigenvalue weighted by Gasteiger charge is -2.33. The number of rotatable bonds is 8. The third kappa shape index (κ3) is 5.69. The van der Waals surface area contributed by atoms with Gasteiger partial charge in [0, 0.05) is 37.8 Å². The van der Waals surface area contributed by atoms with E-state index in [0.717, 1.165) is 50.6 Å². The summed E-state index contributed by atoms with van der Waals surface area (Å²) in [7, 11) is 1.24. The number of likely N-dealkylation sites (tertiary alicyclic amines) is 1. The lowest BCUT2D eigenvalue weighted by Crippen LogP contribution is -2.35. The molecule has 0 bridgehead atoms. The molecule has 46 heavy (non-hydrogen) atoms. The number of imidazole rings is 1. The molecule has 2 aromatic carbocycles. The van der Waals surface area contributed by atoms with Crippen LogP contribution in [0.3, 0.4) is 0 Å². The molecule has 0 saturated carbocycles. The number of carbonyl (C=O) groups excluding carboxylic acids is 1. The molecule has 7 rings (SSSR count). The summed E-state index contributed by atoms with van der Waals surface area (Å²) in [5, 5.41) is 0.539. The topological polar surface area (TPSA) is 87.9 Å². The Morgan fingerprint density at radius 3 is 2.59 bits per heavy atom. The minimum Gasteiger partial charge on any atom is -0.465 e. The lowest BCUT2D eigenvalue weighted by atomic mass is 9.88. The molecule has 3 aliphatic rings. The van der Waals surface area contributed by atoms with Gasteiger partial charge in [-0.2, -0.15) is 0 Å². The van der Waals surface area contributed by atoms with E-state index in [-0.39, 0.29) is 28.7 Å². The fourth-order valence-corrected chi connectivity index (χ4v) is 6.73. The van der Waals surface area contributed by atoms with Crippen LogP contribution in [0.25, 0.3) is 11.0 Å². The maximum absolute atomic E-state index is 14.9. The van der Waals surface area contributed by atoms with E-state index in [1.165, 1.54) is 13.2 Å². The summed E-state index contributed by atoms with van der Waals surface area (Å²) < 4.78 is 55.0. The molecule has 0 radical (unpaired) electrons. The summed E-state index contributed by atoms with van der Waals surface area (Å²) in [5.41, 5.74) is 2.18. The van der Waals surface area contributed by atoms with Crippen molar-refractivity contribution in [1.82, 2.24) is 19.4 Å². The molecule has 2 fully saturated rings. The molecular formula is C34H35ClF2N4O5. The van der Waals surface area contributed by atoms with Crippen LogP contribution in [0.5, 0.6) is 11.5 Å². The highest BCUT2D eigenvalue weighted by atomic mass is 35.5. The van der Waals surface area contributed by atoms with Crippen LogP contribution in [0.4, 0.5) is 8.78 Å². The van der Waals surface area contributed by atoms with Gasteiger partial charge in [-0.3, -0.25) is 9.88 Å². The molecular weight excluding hydrogens is 618 g/mol. The monoisotopic (exact) mass is 652 g/mol. The molecule has 5 heterocycles. The van der Waals surface area contributed by atoms with Gasteiger partial charge in [-0.1, -0.05) is 23.7 Å². The number of benzene rings is 2. The second-order valence-electron chi connectivity index (χ2n) is 12.4. The van der Waals surface area contributed by atoms with Gasteiger partial charge < -0.3 is 23.5 Å². The average molecular weight is 653 g/mol. The fourth-order valence-electron chi connectivity index (χ4n) is 6.62. The van der Waals surface area contributed by atoms with Crippen molar-refractivity contribution in [2.24, 2.45) is 0 Å². The summed E-state index contributed by atoms with van der Waals surface area (Å²) in [6.07, 6.45) is 4.15. The Hall–Kier alpha value is -3.80. The first-order valence-corrected chi connectivity index (χ1v) is 15.9. The van der Waals surface area contributed by atoms with Crippen molar-refractivity contribution in [2.75, 3.05) is 26.8 Å². The van der Waals surface area contributed by atoms with Gasteiger partial charge in [-0.05, 0) is 68.6 Å². The largest absolute Gasteiger partial charge is 0.465 e. The Kier molecular flexibility index (Phi) is 7.89. The number of methoxy groups -OCH3 is 1. The SMILES string of the molecule is COC(=O)c1cc(C(C)(F)F)c2nc(CN3CCC(c4cccc5c4O[C@](C)(c4ccc(Cl)cn4)O5)CC3)n(C[C@@H]3CCO3)c2c1. The average Bonchev–Trinajstić information content (AvgIpc) is 3.55. The number of hydrogen-bond acceptors (Lipinski definition) is 8. The molecule has 2 atom stereocenters. The molecule has 4 aromatic rings. The van der Waals surface area contributed by atoms with Gasteiger partial charge in [-0.15, -0.1) is 0 Å². The first-order chi connectivity index (χ1) is 22.0. The van der Waals surface area contributed by atoms with E-state index in [2.05, 4.69) is 16.0 Å². The molecule has 12 heteroatoms. The number of carbonyl (C=O) groups is 1. The zero-order chi connectivity index (χ0) is 32.2. The number of para-hydroxylation sites is 1. The van der Waals surface area contributed by atoms with E-state index in [0.29, 0.717) is 47.5 Å². The summed E-state index contributed by atoms with van der Waals surface area (Å²) >= 11 is 6.05. The zero-order valence-corrected chi connectivity index (χ0v) is 26.7. The number of aromatic nitrogens is 3. The summed E-state index contributed by atoms with van der Waals surface area (Å²) in [5.74, 6) is -2.61. The maximum atomic E-state index is 14.9. The van der Waals surface area contributed by atoms with E-state index in [4.69, 9.17) is 35.5 Å². The molecule has 9 nitrogen and oxygen atoms in total. The normalized spacial score (nSPS) is 21.8. The Morgan fingerprint density at radius 1 is 1.15 bits per heavy atom. The van der Waals surface area contributed by atoms with Crippen molar-refractivity contribution < 1.29 is 32.5 Å². The summed E-state index contributed by atoms with van der Waals surface area (Å²) in [6, 6.07) is 12.3. The minimum absolute atomic E-state index is 0.0367. The molecule has 0 amide bonds. The Bertz CT molecular complexity index is 1780. The molecule has 242 valence electrons. The smallest absolute Gasteiger partial charge is 0.337 e. The number of fused-ring (bicyclic) bond motifs is 2. The molecule has 2 saturated heterocycles. The number of halogens is 3. The van der Waals surface area contributed by atoms with Gasteiger partial charge in [0.05, 0.1) is 47.9 Å². The van der Waals surface area contributed by atoms with Gasteiger partial charge in [0.15, 0.2) is 11.5 Å². The number of ether oxygens (including phenoxy) is 4. The third-order valence-electron chi connectivity index (χ3n) is 9.20.